The third-order valence-electron chi connectivity index (χ3n) is 6.56. The summed E-state index contributed by atoms with van der Waals surface area (Å²) < 4.78 is 13.2. The zero-order chi connectivity index (χ0) is 24.4. The van der Waals surface area contributed by atoms with Crippen LogP contribution in [0, 0.1) is 17.7 Å². The van der Waals surface area contributed by atoms with E-state index in [9.17, 15) is 19.1 Å². The molecule has 3 aromatic carbocycles. The summed E-state index contributed by atoms with van der Waals surface area (Å²) in [5.41, 5.74) is 3.25. The number of amides is 3. The van der Waals surface area contributed by atoms with Crippen molar-refractivity contribution in [2.24, 2.45) is 0 Å². The maximum Gasteiger partial charge on any atom is 0.322 e. The molecular formula is C28H24FN3O3. The Balaban J connectivity index is 1.30. The minimum atomic E-state index is -0.414. The van der Waals surface area contributed by atoms with Crippen molar-refractivity contribution in [3.05, 3.63) is 101 Å². The molecule has 2 N–H and O–H groups in total. The molecule has 2 aliphatic heterocycles. The van der Waals surface area contributed by atoms with Crippen LogP contribution in [0.1, 0.15) is 22.6 Å². The van der Waals surface area contributed by atoms with E-state index in [0.29, 0.717) is 12.2 Å². The van der Waals surface area contributed by atoms with Crippen LogP contribution in [0.4, 0.5) is 14.9 Å². The average molecular weight is 470 g/mol. The van der Waals surface area contributed by atoms with Gasteiger partial charge in [-0.3, -0.25) is 4.79 Å². The smallest absolute Gasteiger partial charge is 0.322 e. The van der Waals surface area contributed by atoms with Gasteiger partial charge < -0.3 is 20.2 Å². The average Bonchev–Trinajstić information content (AvgIpc) is 2.86. The third-order valence-corrected chi connectivity index (χ3v) is 6.56. The fourth-order valence-corrected chi connectivity index (χ4v) is 4.84. The molecule has 0 aliphatic carbocycles. The Bertz CT molecular complexity index is 1280. The molecular weight excluding hydrogens is 445 g/mol. The molecule has 0 spiro atoms. The van der Waals surface area contributed by atoms with Gasteiger partial charge in [0.25, 0.3) is 0 Å². The van der Waals surface area contributed by atoms with Crippen LogP contribution in [0.3, 0.4) is 0 Å². The quantitative estimate of drug-likeness (QED) is 0.578. The number of fused-ring (bicyclic) bond motifs is 1. The van der Waals surface area contributed by atoms with E-state index >= 15 is 0 Å². The fraction of sp³-hybridized carbons (Fsp3) is 0.214. The van der Waals surface area contributed by atoms with Gasteiger partial charge in [0.05, 0.1) is 18.7 Å². The Kier molecular flexibility index (Phi) is 6.21. The van der Waals surface area contributed by atoms with Crippen LogP contribution in [-0.4, -0.2) is 58.6 Å². The zero-order valence-electron chi connectivity index (χ0n) is 18.9. The zero-order valence-corrected chi connectivity index (χ0v) is 18.9. The molecule has 6 nitrogen and oxygen atoms in total. The summed E-state index contributed by atoms with van der Waals surface area (Å²) in [5.74, 6) is 5.60. The Morgan fingerprint density at radius 1 is 0.971 bits per heavy atom. The molecule has 0 radical (unpaired) electrons. The summed E-state index contributed by atoms with van der Waals surface area (Å²) in [7, 11) is 0. The number of anilines is 1. The molecule has 176 valence electrons. The standard InChI is InChI=1S/C28H24FN3O3/c29-22-12-14-23(15-13-22)30-28(35)31-16-24-27(25(18-33)32(24)26(34)17-31)21-10-8-20(9-11-21)7-6-19-4-2-1-3-5-19/h1-5,8-15,24-25,27,33H,16-18H2,(H,30,35)/t24-,25-,27+/m0/s1. The SMILES string of the molecule is O=C(Nc1ccc(F)cc1)N1CC(=O)N2[C@@H](CO)[C@H](c3ccc(C#Cc4ccccc4)cc3)[C@@H]2C1. The highest BCUT2D eigenvalue weighted by Crippen LogP contribution is 2.43. The number of aliphatic hydroxyl groups is 1. The minimum Gasteiger partial charge on any atom is -0.394 e. The van der Waals surface area contributed by atoms with Gasteiger partial charge in [-0.15, -0.1) is 0 Å². The van der Waals surface area contributed by atoms with E-state index in [0.717, 1.165) is 16.7 Å². The van der Waals surface area contributed by atoms with E-state index in [2.05, 4.69) is 17.2 Å². The van der Waals surface area contributed by atoms with Crippen LogP contribution in [0.15, 0.2) is 78.9 Å². The first-order chi connectivity index (χ1) is 17.0. The van der Waals surface area contributed by atoms with Crippen molar-refractivity contribution in [1.82, 2.24) is 9.80 Å². The van der Waals surface area contributed by atoms with E-state index in [1.54, 1.807) is 4.90 Å². The Hall–Kier alpha value is -4.15. The highest BCUT2D eigenvalue weighted by atomic mass is 19.1. The molecule has 3 aromatic rings. The van der Waals surface area contributed by atoms with Gasteiger partial charge in [0.1, 0.15) is 12.4 Å². The summed E-state index contributed by atoms with van der Waals surface area (Å²) in [6, 6.07) is 22.1. The van der Waals surface area contributed by atoms with Crippen LogP contribution in [0.25, 0.3) is 0 Å². The second kappa shape index (κ2) is 9.61. The van der Waals surface area contributed by atoms with Crippen molar-refractivity contribution in [1.29, 1.82) is 0 Å². The number of benzene rings is 3. The Morgan fingerprint density at radius 3 is 2.29 bits per heavy atom. The fourth-order valence-electron chi connectivity index (χ4n) is 4.84. The number of nitrogens with one attached hydrogen (secondary N) is 1. The van der Waals surface area contributed by atoms with Crippen LogP contribution in [-0.2, 0) is 4.79 Å². The molecule has 2 aliphatic rings. The molecule has 7 heteroatoms. The summed E-state index contributed by atoms with van der Waals surface area (Å²) >= 11 is 0. The number of carbonyl (C=O) groups is 2. The second-order valence-electron chi connectivity index (χ2n) is 8.70. The maximum atomic E-state index is 13.2. The van der Waals surface area contributed by atoms with Crippen LogP contribution >= 0.6 is 0 Å². The molecule has 0 aromatic heterocycles. The highest BCUT2D eigenvalue weighted by Gasteiger charge is 2.54. The minimum absolute atomic E-state index is 0.0687. The van der Waals surface area contributed by atoms with Gasteiger partial charge >= 0.3 is 6.03 Å². The Morgan fingerprint density at radius 2 is 1.63 bits per heavy atom. The number of urea groups is 1. The molecule has 2 heterocycles. The van der Waals surface area contributed by atoms with Crippen LogP contribution < -0.4 is 5.32 Å². The predicted molar refractivity (Wildman–Crippen MR) is 130 cm³/mol. The lowest BCUT2D eigenvalue weighted by Crippen LogP contribution is -2.73. The molecule has 0 saturated carbocycles. The van der Waals surface area contributed by atoms with Crippen molar-refractivity contribution >= 4 is 17.6 Å². The lowest BCUT2D eigenvalue weighted by Gasteiger charge is -2.58. The lowest BCUT2D eigenvalue weighted by molar-refractivity contribution is -0.159. The van der Waals surface area contributed by atoms with Gasteiger partial charge in [0.15, 0.2) is 0 Å². The second-order valence-corrected chi connectivity index (χ2v) is 8.70. The van der Waals surface area contributed by atoms with Gasteiger partial charge in [0, 0.05) is 29.3 Å². The van der Waals surface area contributed by atoms with E-state index in [4.69, 9.17) is 0 Å². The van der Waals surface area contributed by atoms with E-state index in [-0.39, 0.29) is 37.1 Å². The summed E-state index contributed by atoms with van der Waals surface area (Å²) in [6.45, 7) is 0.126. The van der Waals surface area contributed by atoms with Crippen molar-refractivity contribution in [3.8, 4) is 11.8 Å². The van der Waals surface area contributed by atoms with Crippen LogP contribution in [0.2, 0.25) is 0 Å². The molecule has 3 amide bonds. The van der Waals surface area contributed by atoms with Gasteiger partial charge in [-0.2, -0.15) is 0 Å². The van der Waals surface area contributed by atoms with Gasteiger partial charge in [-0.05, 0) is 54.1 Å². The number of rotatable bonds is 3. The number of hydrogen-bond acceptors (Lipinski definition) is 3. The van der Waals surface area contributed by atoms with Crippen molar-refractivity contribution in [2.45, 2.75) is 18.0 Å². The molecule has 0 unspecified atom stereocenters. The number of piperazine rings is 1. The number of halogens is 1. The topological polar surface area (TPSA) is 72.9 Å². The Labute approximate surface area is 203 Å². The van der Waals surface area contributed by atoms with E-state index in [1.165, 1.54) is 29.2 Å². The monoisotopic (exact) mass is 469 g/mol. The van der Waals surface area contributed by atoms with Crippen molar-refractivity contribution < 1.29 is 19.1 Å². The normalized spacial score (nSPS) is 20.9. The highest BCUT2D eigenvalue weighted by molar-refractivity contribution is 5.93. The summed E-state index contributed by atoms with van der Waals surface area (Å²) in [4.78, 5) is 28.8. The molecule has 3 atom stereocenters. The number of hydrogen-bond donors (Lipinski definition) is 2. The van der Waals surface area contributed by atoms with E-state index in [1.807, 2.05) is 54.6 Å². The number of aliphatic hydroxyl groups excluding tert-OH is 1. The molecule has 2 fully saturated rings. The van der Waals surface area contributed by atoms with Crippen LogP contribution in [0.5, 0.6) is 0 Å². The van der Waals surface area contributed by atoms with E-state index < -0.39 is 11.8 Å². The third kappa shape index (κ3) is 4.61. The molecule has 5 rings (SSSR count). The summed E-state index contributed by atoms with van der Waals surface area (Å²) in [6.07, 6.45) is 0. The molecule has 0 bridgehead atoms. The molecule has 2 saturated heterocycles. The predicted octanol–water partition coefficient (Wildman–Crippen LogP) is 3.43. The number of carbonyl (C=O) groups excluding carboxylic acids is 2. The first-order valence-electron chi connectivity index (χ1n) is 11.4. The lowest BCUT2D eigenvalue weighted by atomic mass is 9.73. The largest absolute Gasteiger partial charge is 0.394 e. The van der Waals surface area contributed by atoms with Crippen molar-refractivity contribution in [3.63, 3.8) is 0 Å². The first kappa shape index (κ1) is 22.6. The summed E-state index contributed by atoms with van der Waals surface area (Å²) in [5, 5.41) is 12.7. The number of nitrogens with zero attached hydrogens (tertiary/aromatic N) is 2. The van der Waals surface area contributed by atoms with Gasteiger partial charge in [-0.1, -0.05) is 42.2 Å². The first-order valence-corrected chi connectivity index (χ1v) is 11.4. The van der Waals surface area contributed by atoms with Crippen molar-refractivity contribution in [2.75, 3.05) is 25.0 Å². The molecule has 35 heavy (non-hydrogen) atoms. The van der Waals surface area contributed by atoms with Gasteiger partial charge in [-0.25, -0.2) is 9.18 Å². The maximum absolute atomic E-state index is 13.2. The van der Waals surface area contributed by atoms with Gasteiger partial charge in [0.2, 0.25) is 5.91 Å².